The standard InChI is InChI=1S/C6H9F3N2O/c1-11-2-4(3-11)10-5(12)6(7,8)9/h4H,2-3H2,1H3,(H,10,12). The molecule has 3 nitrogen and oxygen atoms in total. The quantitative estimate of drug-likeness (QED) is 0.618. The van der Waals surface area contributed by atoms with Crippen molar-refractivity contribution in [2.24, 2.45) is 0 Å². The summed E-state index contributed by atoms with van der Waals surface area (Å²) in [5.41, 5.74) is 0. The van der Waals surface area contributed by atoms with Gasteiger partial charge in [0.05, 0.1) is 6.04 Å². The first-order valence-corrected chi connectivity index (χ1v) is 3.46. The van der Waals surface area contributed by atoms with E-state index in [-0.39, 0.29) is 6.04 Å². The van der Waals surface area contributed by atoms with Gasteiger partial charge in [0.2, 0.25) is 0 Å². The van der Waals surface area contributed by atoms with Crippen molar-refractivity contribution < 1.29 is 18.0 Å². The second kappa shape index (κ2) is 2.93. The lowest BCUT2D eigenvalue weighted by Gasteiger charge is -2.36. The van der Waals surface area contributed by atoms with Crippen molar-refractivity contribution in [1.29, 1.82) is 0 Å². The third kappa shape index (κ3) is 2.10. The highest BCUT2D eigenvalue weighted by Gasteiger charge is 2.41. The van der Waals surface area contributed by atoms with Gasteiger partial charge in [0.25, 0.3) is 0 Å². The van der Waals surface area contributed by atoms with Gasteiger partial charge in [0.15, 0.2) is 0 Å². The zero-order valence-electron chi connectivity index (χ0n) is 6.48. The number of hydrogen-bond acceptors (Lipinski definition) is 2. The molecule has 0 atom stereocenters. The number of rotatable bonds is 1. The Hall–Kier alpha value is -0.780. The molecule has 0 radical (unpaired) electrons. The first-order chi connectivity index (χ1) is 5.39. The number of likely N-dealkylation sites (tertiary alicyclic amines) is 1. The van der Waals surface area contributed by atoms with Crippen LogP contribution in [0, 0.1) is 0 Å². The van der Waals surface area contributed by atoms with E-state index in [1.807, 2.05) is 10.2 Å². The predicted molar refractivity (Wildman–Crippen MR) is 35.5 cm³/mol. The summed E-state index contributed by atoms with van der Waals surface area (Å²) in [5, 5.41) is 1.88. The van der Waals surface area contributed by atoms with E-state index in [4.69, 9.17) is 0 Å². The zero-order valence-corrected chi connectivity index (χ0v) is 6.48. The highest BCUT2D eigenvalue weighted by atomic mass is 19.4. The average molecular weight is 182 g/mol. The van der Waals surface area contributed by atoms with Crippen LogP contribution >= 0.6 is 0 Å². The van der Waals surface area contributed by atoms with Gasteiger partial charge in [-0.2, -0.15) is 13.2 Å². The fourth-order valence-corrected chi connectivity index (χ4v) is 1.06. The van der Waals surface area contributed by atoms with Gasteiger partial charge in [0.1, 0.15) is 0 Å². The summed E-state index contributed by atoms with van der Waals surface area (Å²) in [6.45, 7) is 0.976. The number of amides is 1. The SMILES string of the molecule is CN1CC(NC(=O)C(F)(F)F)C1. The molecule has 12 heavy (non-hydrogen) atoms. The maximum Gasteiger partial charge on any atom is 0.471 e. The molecule has 0 aliphatic carbocycles. The molecule has 1 aliphatic rings. The van der Waals surface area contributed by atoms with Crippen molar-refractivity contribution >= 4 is 5.91 Å². The molecule has 1 heterocycles. The minimum atomic E-state index is -4.76. The third-order valence-corrected chi connectivity index (χ3v) is 1.66. The summed E-state index contributed by atoms with van der Waals surface area (Å²) < 4.78 is 34.9. The second-order valence-corrected chi connectivity index (χ2v) is 2.89. The molecule has 0 aromatic rings. The normalized spacial score (nSPS) is 20.3. The van der Waals surface area contributed by atoms with Crippen molar-refractivity contribution in [3.05, 3.63) is 0 Å². The van der Waals surface area contributed by atoms with Crippen molar-refractivity contribution in [1.82, 2.24) is 10.2 Å². The lowest BCUT2D eigenvalue weighted by Crippen LogP contribution is -2.59. The Morgan fingerprint density at radius 1 is 1.50 bits per heavy atom. The Kier molecular flexibility index (Phi) is 2.27. The number of carbonyl (C=O) groups excluding carboxylic acids is 1. The van der Waals surface area contributed by atoms with Crippen LogP contribution in [-0.4, -0.2) is 43.2 Å². The summed E-state index contributed by atoms with van der Waals surface area (Å²) in [5.74, 6) is -1.85. The van der Waals surface area contributed by atoms with Crippen molar-refractivity contribution in [2.75, 3.05) is 20.1 Å². The highest BCUT2D eigenvalue weighted by molar-refractivity contribution is 5.82. The Balaban J connectivity index is 2.28. The maximum atomic E-state index is 11.6. The monoisotopic (exact) mass is 182 g/mol. The number of likely N-dealkylation sites (N-methyl/N-ethyl adjacent to an activating group) is 1. The van der Waals surface area contributed by atoms with Crippen molar-refractivity contribution in [2.45, 2.75) is 12.2 Å². The Labute approximate surface area is 67.5 Å². The van der Waals surface area contributed by atoms with E-state index in [0.717, 1.165) is 0 Å². The van der Waals surface area contributed by atoms with Crippen LogP contribution in [0.1, 0.15) is 0 Å². The second-order valence-electron chi connectivity index (χ2n) is 2.89. The number of nitrogens with zero attached hydrogens (tertiary/aromatic N) is 1. The topological polar surface area (TPSA) is 32.3 Å². The molecular formula is C6H9F3N2O. The van der Waals surface area contributed by atoms with Gasteiger partial charge in [-0.25, -0.2) is 0 Å². The molecule has 1 N–H and O–H groups in total. The highest BCUT2D eigenvalue weighted by Crippen LogP contribution is 2.15. The van der Waals surface area contributed by atoms with E-state index >= 15 is 0 Å². The molecule has 1 fully saturated rings. The van der Waals surface area contributed by atoms with Crippen molar-refractivity contribution in [3.8, 4) is 0 Å². The molecule has 0 aromatic carbocycles. The lowest BCUT2D eigenvalue weighted by atomic mass is 10.1. The number of halogens is 3. The molecule has 0 unspecified atom stereocenters. The molecule has 1 saturated heterocycles. The molecule has 0 spiro atoms. The maximum absolute atomic E-state index is 11.6. The summed E-state index contributed by atoms with van der Waals surface area (Å²) in [6.07, 6.45) is -4.76. The fourth-order valence-electron chi connectivity index (χ4n) is 1.06. The van der Waals surface area contributed by atoms with Gasteiger partial charge < -0.3 is 10.2 Å². The number of carbonyl (C=O) groups is 1. The van der Waals surface area contributed by atoms with Crippen LogP contribution in [0.25, 0.3) is 0 Å². The summed E-state index contributed by atoms with van der Waals surface area (Å²) >= 11 is 0. The van der Waals surface area contributed by atoms with Gasteiger partial charge in [0, 0.05) is 13.1 Å². The van der Waals surface area contributed by atoms with Crippen LogP contribution in [0.15, 0.2) is 0 Å². The summed E-state index contributed by atoms with van der Waals surface area (Å²) in [7, 11) is 1.77. The van der Waals surface area contributed by atoms with Crippen LogP contribution in [0.2, 0.25) is 0 Å². The smallest absolute Gasteiger partial charge is 0.343 e. The fraction of sp³-hybridized carbons (Fsp3) is 0.833. The molecule has 1 amide bonds. The Morgan fingerprint density at radius 3 is 2.33 bits per heavy atom. The molecule has 6 heteroatoms. The zero-order chi connectivity index (χ0) is 9.35. The lowest BCUT2D eigenvalue weighted by molar-refractivity contribution is -0.175. The Bertz CT molecular complexity index is 186. The number of nitrogens with one attached hydrogen (secondary N) is 1. The Morgan fingerprint density at radius 2 is 2.00 bits per heavy atom. The van der Waals surface area contributed by atoms with Crippen LogP contribution in [0.3, 0.4) is 0 Å². The van der Waals surface area contributed by atoms with E-state index in [0.29, 0.717) is 13.1 Å². The molecule has 1 aliphatic heterocycles. The van der Waals surface area contributed by atoms with Crippen LogP contribution < -0.4 is 5.32 Å². The summed E-state index contributed by atoms with van der Waals surface area (Å²) in [4.78, 5) is 12.1. The van der Waals surface area contributed by atoms with Gasteiger partial charge in [-0.15, -0.1) is 0 Å². The summed E-state index contributed by atoms with van der Waals surface area (Å²) in [6, 6.07) is -0.343. The minimum Gasteiger partial charge on any atom is -0.343 e. The van der Waals surface area contributed by atoms with Crippen molar-refractivity contribution in [3.63, 3.8) is 0 Å². The van der Waals surface area contributed by atoms with Gasteiger partial charge in [-0.3, -0.25) is 4.79 Å². The first kappa shape index (κ1) is 9.31. The number of hydrogen-bond donors (Lipinski definition) is 1. The van der Waals surface area contributed by atoms with E-state index in [9.17, 15) is 18.0 Å². The van der Waals surface area contributed by atoms with Gasteiger partial charge in [-0.05, 0) is 7.05 Å². The van der Waals surface area contributed by atoms with Crippen LogP contribution in [0.4, 0.5) is 13.2 Å². The molecule has 0 saturated carbocycles. The van der Waals surface area contributed by atoms with Crippen LogP contribution in [0.5, 0.6) is 0 Å². The number of alkyl halides is 3. The molecule has 70 valence electrons. The van der Waals surface area contributed by atoms with E-state index in [1.54, 1.807) is 7.05 Å². The minimum absolute atomic E-state index is 0.343. The largest absolute Gasteiger partial charge is 0.471 e. The average Bonchev–Trinajstić information content (AvgIpc) is 1.82. The van der Waals surface area contributed by atoms with Crippen LogP contribution in [-0.2, 0) is 4.79 Å². The predicted octanol–water partition coefficient (Wildman–Crippen LogP) is -0.0211. The van der Waals surface area contributed by atoms with E-state index in [2.05, 4.69) is 0 Å². The van der Waals surface area contributed by atoms with E-state index < -0.39 is 12.1 Å². The third-order valence-electron chi connectivity index (χ3n) is 1.66. The first-order valence-electron chi connectivity index (χ1n) is 3.46. The van der Waals surface area contributed by atoms with Gasteiger partial charge >= 0.3 is 12.1 Å². The van der Waals surface area contributed by atoms with E-state index in [1.165, 1.54) is 0 Å². The van der Waals surface area contributed by atoms with Gasteiger partial charge in [-0.1, -0.05) is 0 Å². The molecular weight excluding hydrogens is 173 g/mol. The molecule has 0 bridgehead atoms. The molecule has 0 aromatic heterocycles. The molecule has 1 rings (SSSR count).